The molecule has 0 atom stereocenters. The van der Waals surface area contributed by atoms with Crippen LogP contribution in [-0.4, -0.2) is 35.9 Å². The Morgan fingerprint density at radius 2 is 2.25 bits per heavy atom. The van der Waals surface area contributed by atoms with Crippen molar-refractivity contribution in [3.8, 4) is 0 Å². The Bertz CT molecular complexity index is 460. The molecule has 0 spiro atoms. The van der Waals surface area contributed by atoms with Crippen molar-refractivity contribution in [2.24, 2.45) is 5.73 Å². The summed E-state index contributed by atoms with van der Waals surface area (Å²) in [5.74, 6) is 0.154. The lowest BCUT2D eigenvalue weighted by atomic mass is 10.2. The zero-order valence-corrected chi connectivity index (χ0v) is 11.5. The molecule has 2 rings (SSSR count). The van der Waals surface area contributed by atoms with Gasteiger partial charge in [-0.15, -0.1) is 0 Å². The predicted octanol–water partition coefficient (Wildman–Crippen LogP) is 1.02. The summed E-state index contributed by atoms with van der Waals surface area (Å²) in [6.45, 7) is 4.13. The number of aryl methyl sites for hydroxylation is 1. The number of hydrogen-bond donors (Lipinski definition) is 4. The van der Waals surface area contributed by atoms with Crippen LogP contribution in [0.2, 0.25) is 0 Å². The van der Waals surface area contributed by atoms with E-state index in [4.69, 9.17) is 5.21 Å². The van der Waals surface area contributed by atoms with Crippen LogP contribution in [0.1, 0.15) is 14.4 Å². The van der Waals surface area contributed by atoms with Gasteiger partial charge in [0.1, 0.15) is 0 Å². The molecule has 1 heterocycles. The van der Waals surface area contributed by atoms with Crippen LogP contribution in [0.25, 0.3) is 0 Å². The lowest BCUT2D eigenvalue weighted by Gasteiger charge is -2.27. The van der Waals surface area contributed by atoms with E-state index in [0.717, 1.165) is 18.8 Å². The van der Waals surface area contributed by atoms with Crippen LogP contribution in [0.15, 0.2) is 24.3 Å². The molecule has 114 valence electrons. The van der Waals surface area contributed by atoms with Gasteiger partial charge >= 0.3 is 0 Å². The molecule has 1 aromatic rings. The largest absolute Gasteiger partial charge is 0.375 e. The summed E-state index contributed by atoms with van der Waals surface area (Å²) in [4.78, 5) is 13.4. The molecule has 0 radical (unpaired) electrons. The molecule has 1 amide bonds. The Labute approximate surface area is 126 Å². The molecule has 5 N–H and O–H groups in total. The average Bonchev–Trinajstić information content (AvgIpc) is 2.40. The van der Waals surface area contributed by atoms with Crippen molar-refractivity contribution in [2.45, 2.75) is 14.4 Å². The van der Waals surface area contributed by atoms with Gasteiger partial charge in [-0.25, -0.2) is 5.48 Å². The van der Waals surface area contributed by atoms with Crippen molar-refractivity contribution in [1.29, 1.82) is 0 Å². The van der Waals surface area contributed by atoms with Gasteiger partial charge in [0, 0.05) is 20.2 Å². The maximum Gasteiger partial charge on any atom is 0.240 e. The van der Waals surface area contributed by atoms with E-state index in [2.05, 4.69) is 23.3 Å². The highest BCUT2D eigenvalue weighted by atomic mass is 32.1. The summed E-state index contributed by atoms with van der Waals surface area (Å²) in [6.07, 6.45) is 0. The van der Waals surface area contributed by atoms with Gasteiger partial charge in [-0.1, -0.05) is 19.6 Å². The summed E-state index contributed by atoms with van der Waals surface area (Å²) in [5, 5.41) is 10.6. The number of nitrogens with two attached hydrogens (primary N) is 1. The molecule has 1 aliphatic rings. The molecule has 1 saturated heterocycles. The summed E-state index contributed by atoms with van der Waals surface area (Å²) in [6, 6.07) is 8.05. The minimum atomic E-state index is -0.106. The number of anilines is 1. The van der Waals surface area contributed by atoms with Crippen molar-refractivity contribution >= 4 is 28.9 Å². The van der Waals surface area contributed by atoms with E-state index >= 15 is 0 Å². The molecule has 1 aliphatic heterocycles. The van der Waals surface area contributed by atoms with Gasteiger partial charge in [-0.3, -0.25) is 10.0 Å². The third-order valence-corrected chi connectivity index (χ3v) is 2.60. The van der Waals surface area contributed by atoms with Crippen LogP contribution >= 0.6 is 12.2 Å². The fourth-order valence-electron chi connectivity index (χ4n) is 1.68. The highest BCUT2D eigenvalue weighted by Crippen LogP contribution is 2.16. The second kappa shape index (κ2) is 9.24. The topological polar surface area (TPSA) is 90.6 Å². The Hall–Kier alpha value is -1.70. The van der Waals surface area contributed by atoms with Gasteiger partial charge in [0.2, 0.25) is 5.91 Å². The second-order valence-electron chi connectivity index (χ2n) is 4.04. The maximum atomic E-state index is 11.6. The highest BCUT2D eigenvalue weighted by Gasteiger charge is 2.18. The molecule has 1 fully saturated rings. The molecule has 0 aliphatic carbocycles. The molecule has 20 heavy (non-hydrogen) atoms. The van der Waals surface area contributed by atoms with Crippen molar-refractivity contribution in [3.63, 3.8) is 0 Å². The molecule has 7 heteroatoms. The van der Waals surface area contributed by atoms with E-state index in [9.17, 15) is 4.79 Å². The minimum absolute atomic E-state index is 0. The summed E-state index contributed by atoms with van der Waals surface area (Å²) >= 11 is 4.11. The zero-order valence-electron chi connectivity index (χ0n) is 10.7. The van der Waals surface area contributed by atoms with Crippen LogP contribution in [0.3, 0.4) is 0 Å². The van der Waals surface area contributed by atoms with Crippen LogP contribution in [0, 0.1) is 6.92 Å². The van der Waals surface area contributed by atoms with Crippen LogP contribution in [0.4, 0.5) is 5.69 Å². The summed E-state index contributed by atoms with van der Waals surface area (Å²) in [5.41, 5.74) is 8.40. The number of nitrogens with zero attached hydrogens (tertiary/aromatic N) is 1. The Kier molecular flexibility index (Phi) is 8.46. The fourth-order valence-corrected chi connectivity index (χ4v) is 1.68. The van der Waals surface area contributed by atoms with Gasteiger partial charge in [0.05, 0.1) is 6.54 Å². The number of hydrogen-bond acceptors (Lipinski definition) is 4. The van der Waals surface area contributed by atoms with E-state index in [1.165, 1.54) is 11.0 Å². The number of carbonyl (C=O) groups is 1. The molecule has 0 unspecified atom stereocenters. The normalized spacial score (nSPS) is 13.7. The lowest BCUT2D eigenvalue weighted by Crippen LogP contribution is -2.48. The molecule has 0 aromatic heterocycles. The number of hydroxylamine groups is 1. The molecular weight excluding hydrogens is 276 g/mol. The van der Waals surface area contributed by atoms with Crippen LogP contribution in [-0.2, 0) is 4.79 Å². The van der Waals surface area contributed by atoms with Crippen molar-refractivity contribution in [2.75, 3.05) is 24.5 Å². The highest BCUT2D eigenvalue weighted by molar-refractivity contribution is 7.80. The number of amides is 1. The number of carbonyl (C=O) groups excluding carboxylic acids is 1. The molecular formula is C13H24N4O2S. The monoisotopic (exact) mass is 300 g/mol. The van der Waals surface area contributed by atoms with E-state index < -0.39 is 0 Å². The lowest BCUT2D eigenvalue weighted by molar-refractivity contribution is -0.118. The molecule has 6 nitrogen and oxygen atoms in total. The Morgan fingerprint density at radius 1 is 1.60 bits per heavy atom. The molecule has 1 aromatic carbocycles. The standard InChI is InChI=1S/C11H14N2O.CH4N2OS.CH4.H2/c1-9-3-2-4-10(7-9)13-6-5-12-8-11(13)14;2-1(5)3-4;;/h2-4,7,12H,5-6,8H2,1H3;4H,(H3,2,3,5);1H4;1H. The van der Waals surface area contributed by atoms with E-state index in [1.807, 2.05) is 36.1 Å². The average molecular weight is 300 g/mol. The van der Waals surface area contributed by atoms with Crippen molar-refractivity contribution < 1.29 is 11.4 Å². The Morgan fingerprint density at radius 3 is 2.75 bits per heavy atom. The van der Waals surface area contributed by atoms with Crippen LogP contribution < -0.4 is 21.4 Å². The van der Waals surface area contributed by atoms with E-state index in [-0.39, 0.29) is 19.9 Å². The van der Waals surface area contributed by atoms with Crippen LogP contribution in [0.5, 0.6) is 0 Å². The fraction of sp³-hybridized carbons (Fsp3) is 0.385. The Balaban J connectivity index is 0. The number of thiocarbonyl (C=S) groups is 1. The smallest absolute Gasteiger partial charge is 0.240 e. The first-order valence-corrected chi connectivity index (χ1v) is 6.22. The quantitative estimate of drug-likeness (QED) is 0.457. The van der Waals surface area contributed by atoms with Crippen molar-refractivity contribution in [1.82, 2.24) is 10.8 Å². The second-order valence-corrected chi connectivity index (χ2v) is 4.48. The number of piperazine rings is 1. The first-order valence-electron chi connectivity index (χ1n) is 5.82. The number of benzene rings is 1. The van der Waals surface area contributed by atoms with Gasteiger partial charge in [0.15, 0.2) is 5.11 Å². The zero-order chi connectivity index (χ0) is 14.3. The number of rotatable bonds is 1. The number of nitrogens with one attached hydrogen (secondary N) is 2. The van der Waals surface area contributed by atoms with Gasteiger partial charge in [-0.05, 0) is 36.8 Å². The SMILES string of the molecule is C.Cc1cccc(N2CCNCC2=O)c1.NC(=S)NO.[HH]. The van der Waals surface area contributed by atoms with Gasteiger partial charge < -0.3 is 16.0 Å². The summed E-state index contributed by atoms with van der Waals surface area (Å²) in [7, 11) is 0. The summed E-state index contributed by atoms with van der Waals surface area (Å²) < 4.78 is 0. The maximum absolute atomic E-state index is 11.6. The first-order chi connectivity index (χ1) is 9.04. The first kappa shape index (κ1) is 18.3. The van der Waals surface area contributed by atoms with Gasteiger partial charge in [-0.2, -0.15) is 0 Å². The van der Waals surface area contributed by atoms with Gasteiger partial charge in [0.25, 0.3) is 0 Å². The minimum Gasteiger partial charge on any atom is -0.375 e. The van der Waals surface area contributed by atoms with Crippen molar-refractivity contribution in [3.05, 3.63) is 29.8 Å². The van der Waals surface area contributed by atoms with E-state index in [1.54, 1.807) is 0 Å². The third-order valence-electron chi connectivity index (χ3n) is 2.51. The molecule has 0 saturated carbocycles. The predicted molar refractivity (Wildman–Crippen MR) is 87.0 cm³/mol. The third kappa shape index (κ3) is 5.96. The molecule has 0 bridgehead atoms. The van der Waals surface area contributed by atoms with E-state index in [0.29, 0.717) is 6.54 Å².